The van der Waals surface area contributed by atoms with Gasteiger partial charge in [0, 0.05) is 29.9 Å². The van der Waals surface area contributed by atoms with Crippen molar-refractivity contribution in [3.8, 4) is 17.2 Å². The molecule has 32 heavy (non-hydrogen) atoms. The van der Waals surface area contributed by atoms with Crippen molar-refractivity contribution in [3.63, 3.8) is 0 Å². The Hall–Kier alpha value is -2.73. The first kappa shape index (κ1) is 21.1. The van der Waals surface area contributed by atoms with Crippen LogP contribution >= 0.6 is 0 Å². The van der Waals surface area contributed by atoms with Crippen molar-refractivity contribution >= 4 is 11.6 Å². The normalized spacial score (nSPS) is 24.4. The van der Waals surface area contributed by atoms with Gasteiger partial charge in [-0.15, -0.1) is 0 Å². The van der Waals surface area contributed by atoms with Gasteiger partial charge in [-0.1, -0.05) is 24.6 Å². The maximum absolute atomic E-state index is 13.9. The average Bonchev–Trinajstić information content (AvgIpc) is 2.98. The van der Waals surface area contributed by atoms with Crippen molar-refractivity contribution in [2.75, 3.05) is 31.6 Å². The number of para-hydroxylation sites is 1. The van der Waals surface area contributed by atoms with Crippen LogP contribution in [0.3, 0.4) is 0 Å². The predicted octanol–water partition coefficient (Wildman–Crippen LogP) is 4.02. The van der Waals surface area contributed by atoms with Crippen molar-refractivity contribution in [2.24, 2.45) is 5.92 Å². The fraction of sp³-hybridized carbons (Fsp3) is 0.500. The number of carbonyl (C=O) groups is 1. The smallest absolute Gasteiger partial charge is 0.242 e. The summed E-state index contributed by atoms with van der Waals surface area (Å²) >= 11 is 0. The molecule has 2 aromatic carbocycles. The number of rotatable bonds is 5. The van der Waals surface area contributed by atoms with E-state index >= 15 is 0 Å². The summed E-state index contributed by atoms with van der Waals surface area (Å²) in [5.74, 6) is 0.446. The summed E-state index contributed by atoms with van der Waals surface area (Å²) < 4.78 is 5.12. The Bertz CT molecular complexity index is 1030. The number of piperidine rings is 1. The first-order valence-electron chi connectivity index (χ1n) is 11.7. The lowest BCUT2D eigenvalue weighted by Crippen LogP contribution is -2.47. The molecule has 1 unspecified atom stereocenters. The monoisotopic (exact) mass is 436 g/mol. The lowest BCUT2D eigenvalue weighted by atomic mass is 9.76. The summed E-state index contributed by atoms with van der Waals surface area (Å²) in [6.45, 7) is 4.76. The third-order valence-electron chi connectivity index (χ3n) is 7.92. The number of aromatic hydroxyl groups is 2. The van der Waals surface area contributed by atoms with E-state index in [9.17, 15) is 15.0 Å². The number of nitrogens with zero attached hydrogens (tertiary/aromatic N) is 2. The molecule has 6 heteroatoms. The van der Waals surface area contributed by atoms with Crippen LogP contribution in [0.5, 0.6) is 17.2 Å². The van der Waals surface area contributed by atoms with E-state index in [4.69, 9.17) is 4.74 Å². The third kappa shape index (κ3) is 3.24. The van der Waals surface area contributed by atoms with E-state index in [1.165, 1.54) is 38.5 Å². The molecule has 1 amide bonds. The van der Waals surface area contributed by atoms with Gasteiger partial charge < -0.3 is 24.7 Å². The molecule has 2 heterocycles. The van der Waals surface area contributed by atoms with Gasteiger partial charge in [0.15, 0.2) is 11.5 Å². The van der Waals surface area contributed by atoms with Crippen LogP contribution in [0.1, 0.15) is 50.2 Å². The number of amides is 1. The molecule has 1 saturated heterocycles. The lowest BCUT2D eigenvalue weighted by molar-refractivity contribution is -0.121. The van der Waals surface area contributed by atoms with Gasteiger partial charge in [-0.3, -0.25) is 4.79 Å². The first-order chi connectivity index (χ1) is 15.4. The van der Waals surface area contributed by atoms with E-state index in [1.54, 1.807) is 0 Å². The summed E-state index contributed by atoms with van der Waals surface area (Å²) in [6.07, 6.45) is 6.23. The molecule has 1 atom stereocenters. The molecule has 2 N–H and O–H groups in total. The van der Waals surface area contributed by atoms with Crippen molar-refractivity contribution in [1.29, 1.82) is 0 Å². The second kappa shape index (κ2) is 8.00. The minimum Gasteiger partial charge on any atom is -0.507 e. The Morgan fingerprint density at radius 2 is 1.75 bits per heavy atom. The molecule has 2 aliphatic heterocycles. The second-order valence-corrected chi connectivity index (χ2v) is 9.66. The highest BCUT2D eigenvalue weighted by atomic mass is 16.5. The lowest BCUT2D eigenvalue weighted by Gasteiger charge is -2.42. The van der Waals surface area contributed by atoms with E-state index in [0.717, 1.165) is 43.2 Å². The van der Waals surface area contributed by atoms with Crippen molar-refractivity contribution in [1.82, 2.24) is 4.90 Å². The molecule has 2 fully saturated rings. The molecule has 1 aliphatic carbocycles. The summed E-state index contributed by atoms with van der Waals surface area (Å²) in [5.41, 5.74) is 1.08. The Kier molecular flexibility index (Phi) is 5.28. The number of likely N-dealkylation sites (tertiary alicyclic amines) is 1. The van der Waals surface area contributed by atoms with Crippen LogP contribution in [0.15, 0.2) is 36.4 Å². The highest BCUT2D eigenvalue weighted by Crippen LogP contribution is 2.50. The average molecular weight is 437 g/mol. The second-order valence-electron chi connectivity index (χ2n) is 9.66. The van der Waals surface area contributed by atoms with Gasteiger partial charge >= 0.3 is 0 Å². The highest BCUT2D eigenvalue weighted by Gasteiger charge is 2.50. The SMILES string of the molecule is COc1cc(O)c(C2(C)C(=O)N(CC3CCN(C4CCC4)CC3)c3ccccc32)cc1O. The van der Waals surface area contributed by atoms with Crippen LogP contribution in [-0.4, -0.2) is 53.8 Å². The molecule has 0 aromatic heterocycles. The fourth-order valence-electron chi connectivity index (χ4n) is 5.70. The van der Waals surface area contributed by atoms with E-state index < -0.39 is 5.41 Å². The zero-order valence-electron chi connectivity index (χ0n) is 18.9. The number of hydrogen-bond donors (Lipinski definition) is 2. The fourth-order valence-corrected chi connectivity index (χ4v) is 5.70. The number of fused-ring (bicyclic) bond motifs is 1. The molecular weight excluding hydrogens is 404 g/mol. The molecule has 0 bridgehead atoms. The molecule has 0 radical (unpaired) electrons. The third-order valence-corrected chi connectivity index (χ3v) is 7.92. The van der Waals surface area contributed by atoms with Gasteiger partial charge in [0.25, 0.3) is 0 Å². The van der Waals surface area contributed by atoms with Gasteiger partial charge in [-0.2, -0.15) is 0 Å². The van der Waals surface area contributed by atoms with Gasteiger partial charge in [-0.25, -0.2) is 0 Å². The predicted molar refractivity (Wildman–Crippen MR) is 124 cm³/mol. The van der Waals surface area contributed by atoms with Crippen molar-refractivity contribution < 1.29 is 19.7 Å². The maximum atomic E-state index is 13.9. The number of hydrogen-bond acceptors (Lipinski definition) is 5. The topological polar surface area (TPSA) is 73.2 Å². The summed E-state index contributed by atoms with van der Waals surface area (Å²) in [7, 11) is 1.43. The Balaban J connectivity index is 1.43. The van der Waals surface area contributed by atoms with Gasteiger partial charge in [0.05, 0.1) is 7.11 Å². The molecular formula is C26H32N2O4. The van der Waals surface area contributed by atoms with E-state index in [2.05, 4.69) is 4.90 Å². The van der Waals surface area contributed by atoms with E-state index in [1.807, 2.05) is 36.1 Å². The number of phenols is 2. The van der Waals surface area contributed by atoms with E-state index in [-0.39, 0.29) is 23.2 Å². The van der Waals surface area contributed by atoms with Crippen LogP contribution in [-0.2, 0) is 10.2 Å². The minimum absolute atomic E-state index is 0.0547. The van der Waals surface area contributed by atoms with E-state index in [0.29, 0.717) is 18.0 Å². The van der Waals surface area contributed by atoms with Crippen LogP contribution < -0.4 is 9.64 Å². The van der Waals surface area contributed by atoms with Crippen molar-refractivity contribution in [2.45, 2.75) is 50.5 Å². The Morgan fingerprint density at radius 3 is 2.41 bits per heavy atom. The van der Waals surface area contributed by atoms with Crippen LogP contribution in [0, 0.1) is 5.92 Å². The number of methoxy groups -OCH3 is 1. The summed E-state index contributed by atoms with van der Waals surface area (Å²) in [5, 5.41) is 21.1. The standard InChI is InChI=1S/C26H32N2O4/c1-26(20-14-23(30)24(32-2)15-22(20)29)19-8-3-4-9-21(19)28(25(26)31)16-17-10-12-27(13-11-17)18-6-5-7-18/h3-4,8-9,14-15,17-18,29-30H,5-7,10-13,16H2,1-2H3. The number of ether oxygens (including phenoxy) is 1. The number of carbonyl (C=O) groups excluding carboxylic acids is 1. The van der Waals surface area contributed by atoms with Gasteiger partial charge in [0.2, 0.25) is 5.91 Å². The molecule has 1 saturated carbocycles. The molecule has 170 valence electrons. The minimum atomic E-state index is -1.07. The molecule has 3 aliphatic rings. The van der Waals surface area contributed by atoms with Crippen LogP contribution in [0.4, 0.5) is 5.69 Å². The Morgan fingerprint density at radius 1 is 1.03 bits per heavy atom. The molecule has 0 spiro atoms. The number of benzene rings is 2. The number of anilines is 1. The van der Waals surface area contributed by atoms with Crippen LogP contribution in [0.25, 0.3) is 0 Å². The highest BCUT2D eigenvalue weighted by molar-refractivity contribution is 6.10. The Labute approximate surface area is 189 Å². The zero-order valence-corrected chi connectivity index (χ0v) is 18.9. The molecule has 5 rings (SSSR count). The summed E-state index contributed by atoms with van der Waals surface area (Å²) in [6, 6.07) is 11.4. The number of phenolic OH excluding ortho intramolecular Hbond substituents is 2. The summed E-state index contributed by atoms with van der Waals surface area (Å²) in [4.78, 5) is 18.4. The zero-order chi connectivity index (χ0) is 22.5. The molecule has 6 nitrogen and oxygen atoms in total. The van der Waals surface area contributed by atoms with Gasteiger partial charge in [-0.05, 0) is 69.3 Å². The largest absolute Gasteiger partial charge is 0.507 e. The quantitative estimate of drug-likeness (QED) is 0.693. The maximum Gasteiger partial charge on any atom is 0.242 e. The van der Waals surface area contributed by atoms with Crippen molar-refractivity contribution in [3.05, 3.63) is 47.5 Å². The van der Waals surface area contributed by atoms with Gasteiger partial charge in [0.1, 0.15) is 11.2 Å². The molecule has 2 aromatic rings. The van der Waals surface area contributed by atoms with Crippen LogP contribution in [0.2, 0.25) is 0 Å². The first-order valence-corrected chi connectivity index (χ1v) is 11.7.